The van der Waals surface area contributed by atoms with Gasteiger partial charge in [-0.1, -0.05) is 11.6 Å². The second-order valence-electron chi connectivity index (χ2n) is 3.76. The van der Waals surface area contributed by atoms with Crippen LogP contribution in [0.15, 0.2) is 18.2 Å². The monoisotopic (exact) mass is 261 g/mol. The van der Waals surface area contributed by atoms with Gasteiger partial charge in [0, 0.05) is 5.56 Å². The number of imidazole rings is 1. The molecule has 0 saturated carbocycles. The molecule has 1 N–H and O–H groups in total. The Balaban J connectivity index is 2.00. The van der Waals surface area contributed by atoms with Crippen molar-refractivity contribution in [3.63, 3.8) is 0 Å². The number of aromatic nitrogens is 2. The van der Waals surface area contributed by atoms with E-state index in [-0.39, 0.29) is 13.2 Å². The Morgan fingerprint density at radius 3 is 3.06 bits per heavy atom. The summed E-state index contributed by atoms with van der Waals surface area (Å²) in [4.78, 5) is 7.22. The SMILES string of the molecule is N#CCc1[nH]c(-c2ccc3c(c2)OCO3)nc1Cl. The highest BCUT2D eigenvalue weighted by atomic mass is 35.5. The number of H-pyrrole nitrogens is 1. The molecule has 2 aromatic rings. The molecule has 0 amide bonds. The van der Waals surface area contributed by atoms with E-state index in [0.717, 1.165) is 5.56 Å². The van der Waals surface area contributed by atoms with Gasteiger partial charge in [0.2, 0.25) is 6.79 Å². The molecule has 5 nitrogen and oxygen atoms in total. The van der Waals surface area contributed by atoms with Crippen LogP contribution in [-0.4, -0.2) is 16.8 Å². The van der Waals surface area contributed by atoms with Gasteiger partial charge in [-0.3, -0.25) is 0 Å². The van der Waals surface area contributed by atoms with Crippen LogP contribution in [0.25, 0.3) is 11.4 Å². The van der Waals surface area contributed by atoms with E-state index >= 15 is 0 Å². The lowest BCUT2D eigenvalue weighted by molar-refractivity contribution is 0.174. The minimum atomic E-state index is 0.205. The molecule has 6 heteroatoms. The summed E-state index contributed by atoms with van der Waals surface area (Å²) in [6.07, 6.45) is 0.205. The first-order chi connectivity index (χ1) is 8.78. The quantitative estimate of drug-likeness (QED) is 0.902. The fraction of sp³-hybridized carbons (Fsp3) is 0.167. The second-order valence-corrected chi connectivity index (χ2v) is 4.12. The van der Waals surface area contributed by atoms with Crippen LogP contribution in [0.4, 0.5) is 0 Å². The molecule has 90 valence electrons. The van der Waals surface area contributed by atoms with Crippen molar-refractivity contribution in [1.29, 1.82) is 5.26 Å². The van der Waals surface area contributed by atoms with Crippen molar-refractivity contribution in [1.82, 2.24) is 9.97 Å². The minimum Gasteiger partial charge on any atom is -0.454 e. The Morgan fingerprint density at radius 2 is 2.22 bits per heavy atom. The summed E-state index contributed by atoms with van der Waals surface area (Å²) in [5.41, 5.74) is 1.46. The van der Waals surface area contributed by atoms with E-state index in [1.165, 1.54) is 0 Å². The van der Waals surface area contributed by atoms with Gasteiger partial charge in [-0.05, 0) is 18.2 Å². The highest BCUT2D eigenvalue weighted by molar-refractivity contribution is 6.30. The zero-order valence-corrected chi connectivity index (χ0v) is 9.99. The number of hydrogen-bond acceptors (Lipinski definition) is 4. The maximum absolute atomic E-state index is 8.66. The molecule has 0 fully saturated rings. The number of ether oxygens (including phenoxy) is 2. The summed E-state index contributed by atoms with van der Waals surface area (Å²) in [6, 6.07) is 7.54. The number of nitriles is 1. The van der Waals surface area contributed by atoms with Crippen LogP contribution in [0.1, 0.15) is 5.69 Å². The zero-order chi connectivity index (χ0) is 12.5. The Labute approximate surface area is 108 Å². The first-order valence-corrected chi connectivity index (χ1v) is 5.67. The molecule has 0 bridgehead atoms. The maximum atomic E-state index is 8.66. The van der Waals surface area contributed by atoms with Crippen molar-refractivity contribution < 1.29 is 9.47 Å². The van der Waals surface area contributed by atoms with Crippen LogP contribution in [0.2, 0.25) is 5.15 Å². The zero-order valence-electron chi connectivity index (χ0n) is 9.24. The van der Waals surface area contributed by atoms with Gasteiger partial charge < -0.3 is 14.5 Å². The third-order valence-corrected chi connectivity index (χ3v) is 2.94. The van der Waals surface area contributed by atoms with Crippen LogP contribution in [0.3, 0.4) is 0 Å². The predicted molar refractivity (Wildman–Crippen MR) is 64.5 cm³/mol. The van der Waals surface area contributed by atoms with Gasteiger partial charge >= 0.3 is 0 Å². The van der Waals surface area contributed by atoms with Gasteiger partial charge in [-0.2, -0.15) is 5.26 Å². The average molecular weight is 262 g/mol. The molecule has 3 rings (SSSR count). The van der Waals surface area contributed by atoms with Crippen LogP contribution >= 0.6 is 11.6 Å². The largest absolute Gasteiger partial charge is 0.454 e. The van der Waals surface area contributed by atoms with Crippen molar-refractivity contribution in [3.8, 4) is 29.0 Å². The number of rotatable bonds is 2. The van der Waals surface area contributed by atoms with Gasteiger partial charge in [-0.15, -0.1) is 0 Å². The van der Waals surface area contributed by atoms with Crippen molar-refractivity contribution in [3.05, 3.63) is 29.0 Å². The fourth-order valence-corrected chi connectivity index (χ4v) is 1.96. The van der Waals surface area contributed by atoms with E-state index in [0.29, 0.717) is 28.2 Å². The van der Waals surface area contributed by atoms with Crippen molar-refractivity contribution in [2.45, 2.75) is 6.42 Å². The molecule has 1 aliphatic rings. The lowest BCUT2D eigenvalue weighted by Crippen LogP contribution is -1.92. The molecule has 0 atom stereocenters. The van der Waals surface area contributed by atoms with Gasteiger partial charge in [0.05, 0.1) is 18.2 Å². The fourth-order valence-electron chi connectivity index (χ4n) is 1.76. The summed E-state index contributed by atoms with van der Waals surface area (Å²) in [6.45, 7) is 0.234. The number of benzene rings is 1. The molecule has 1 aromatic carbocycles. The van der Waals surface area contributed by atoms with Gasteiger partial charge in [0.1, 0.15) is 5.82 Å². The summed E-state index contributed by atoms with van der Waals surface area (Å²) in [7, 11) is 0. The van der Waals surface area contributed by atoms with E-state index in [1.54, 1.807) is 0 Å². The molecular weight excluding hydrogens is 254 g/mol. The highest BCUT2D eigenvalue weighted by Crippen LogP contribution is 2.35. The number of fused-ring (bicyclic) bond motifs is 1. The lowest BCUT2D eigenvalue weighted by atomic mass is 10.2. The van der Waals surface area contributed by atoms with E-state index in [9.17, 15) is 0 Å². The topological polar surface area (TPSA) is 70.9 Å². The smallest absolute Gasteiger partial charge is 0.231 e. The molecule has 0 saturated heterocycles. The molecule has 1 aliphatic heterocycles. The molecule has 2 heterocycles. The third kappa shape index (κ3) is 1.77. The lowest BCUT2D eigenvalue weighted by Gasteiger charge is -1.99. The van der Waals surface area contributed by atoms with E-state index in [4.69, 9.17) is 26.3 Å². The molecule has 1 aromatic heterocycles. The van der Waals surface area contributed by atoms with Crippen LogP contribution < -0.4 is 9.47 Å². The van der Waals surface area contributed by atoms with Crippen molar-refractivity contribution in [2.75, 3.05) is 6.79 Å². The standard InChI is InChI=1S/C12H8ClN3O2/c13-11-8(3-4-14)15-12(16-11)7-1-2-9-10(5-7)18-6-17-9/h1-2,5H,3,6H2,(H,15,16). The highest BCUT2D eigenvalue weighted by Gasteiger charge is 2.16. The Bertz CT molecular complexity index is 645. The van der Waals surface area contributed by atoms with E-state index in [1.807, 2.05) is 24.3 Å². The molecule has 18 heavy (non-hydrogen) atoms. The van der Waals surface area contributed by atoms with Gasteiger partial charge in [-0.25, -0.2) is 4.98 Å². The summed E-state index contributed by atoms with van der Waals surface area (Å²) >= 11 is 5.94. The van der Waals surface area contributed by atoms with E-state index < -0.39 is 0 Å². The van der Waals surface area contributed by atoms with Gasteiger partial charge in [0.25, 0.3) is 0 Å². The van der Waals surface area contributed by atoms with Gasteiger partial charge in [0.15, 0.2) is 16.7 Å². The van der Waals surface area contributed by atoms with Crippen LogP contribution in [0, 0.1) is 11.3 Å². The van der Waals surface area contributed by atoms with E-state index in [2.05, 4.69) is 9.97 Å². The molecule has 0 aliphatic carbocycles. The number of halogens is 1. The molecule has 0 unspecified atom stereocenters. The molecule has 0 radical (unpaired) electrons. The minimum absolute atomic E-state index is 0.205. The molecular formula is C12H8ClN3O2. The van der Waals surface area contributed by atoms with Crippen molar-refractivity contribution in [2.24, 2.45) is 0 Å². The van der Waals surface area contributed by atoms with Crippen LogP contribution in [0.5, 0.6) is 11.5 Å². The predicted octanol–water partition coefficient (Wildman–Crippen LogP) is 2.52. The normalized spacial score (nSPS) is 12.4. The Hall–Kier alpha value is -2.19. The van der Waals surface area contributed by atoms with Crippen LogP contribution in [-0.2, 0) is 6.42 Å². The first-order valence-electron chi connectivity index (χ1n) is 5.29. The number of aromatic amines is 1. The summed E-state index contributed by atoms with van der Waals surface area (Å²) < 4.78 is 10.5. The summed E-state index contributed by atoms with van der Waals surface area (Å²) in [5, 5.41) is 8.98. The number of hydrogen-bond donors (Lipinski definition) is 1. The molecule has 0 spiro atoms. The third-order valence-electron chi connectivity index (χ3n) is 2.63. The first kappa shape index (κ1) is 10.9. The Kier molecular flexibility index (Phi) is 2.58. The maximum Gasteiger partial charge on any atom is 0.231 e. The average Bonchev–Trinajstić information content (AvgIpc) is 2.96. The van der Waals surface area contributed by atoms with Crippen molar-refractivity contribution >= 4 is 11.6 Å². The Morgan fingerprint density at radius 1 is 1.39 bits per heavy atom. The summed E-state index contributed by atoms with van der Waals surface area (Å²) in [5.74, 6) is 2.01. The number of nitrogens with zero attached hydrogens (tertiary/aromatic N) is 2. The second kappa shape index (κ2) is 4.24. The number of nitrogens with one attached hydrogen (secondary N) is 1.